The Morgan fingerprint density at radius 1 is 1.19 bits per heavy atom. The predicted molar refractivity (Wildman–Crippen MR) is 63.9 cm³/mol. The van der Waals surface area contributed by atoms with Gasteiger partial charge in [-0.05, 0) is 26.7 Å². The zero-order valence-electron chi connectivity index (χ0n) is 10.3. The summed E-state index contributed by atoms with van der Waals surface area (Å²) in [5.74, 6) is 0. The maximum Gasteiger partial charge on any atom is 0.330 e. The molecule has 1 atom stereocenters. The summed E-state index contributed by atoms with van der Waals surface area (Å²) in [5.41, 5.74) is 0. The van der Waals surface area contributed by atoms with Gasteiger partial charge in [0.05, 0.1) is 32.1 Å². The second kappa shape index (κ2) is 7.44. The summed E-state index contributed by atoms with van der Waals surface area (Å²) in [7, 11) is -2.80. The van der Waals surface area contributed by atoms with Gasteiger partial charge in [0.25, 0.3) is 0 Å². The molecule has 1 unspecified atom stereocenters. The van der Waals surface area contributed by atoms with Crippen molar-refractivity contribution in [2.24, 2.45) is 0 Å². The number of rotatable bonds is 10. The van der Waals surface area contributed by atoms with Crippen LogP contribution >= 0.6 is 7.60 Å². The molecule has 1 aliphatic rings. The highest BCUT2D eigenvalue weighted by Gasteiger charge is 2.23. The van der Waals surface area contributed by atoms with Gasteiger partial charge >= 0.3 is 7.60 Å². The molecule has 0 aliphatic carbocycles. The lowest BCUT2D eigenvalue weighted by Gasteiger charge is -2.16. The number of ether oxygens (including phenoxy) is 1. The van der Waals surface area contributed by atoms with E-state index in [1.165, 1.54) is 0 Å². The molecule has 0 radical (unpaired) electrons. The second-order valence-corrected chi connectivity index (χ2v) is 6.16. The third kappa shape index (κ3) is 6.00. The molecule has 4 nitrogen and oxygen atoms in total. The summed E-state index contributed by atoms with van der Waals surface area (Å²) in [5, 5.41) is 0. The summed E-state index contributed by atoms with van der Waals surface area (Å²) >= 11 is 0. The SMILES string of the molecule is CCOP(=O)(CCCCCC1CO1)OCC. The molecule has 1 saturated heterocycles. The first-order valence-corrected chi connectivity index (χ1v) is 7.92. The molecule has 1 aliphatic heterocycles. The Morgan fingerprint density at radius 3 is 2.31 bits per heavy atom. The Labute approximate surface area is 98.2 Å². The summed E-state index contributed by atoms with van der Waals surface area (Å²) in [6.07, 6.45) is 5.30. The van der Waals surface area contributed by atoms with Gasteiger partial charge in [0, 0.05) is 0 Å². The zero-order valence-corrected chi connectivity index (χ0v) is 11.2. The van der Waals surface area contributed by atoms with E-state index >= 15 is 0 Å². The van der Waals surface area contributed by atoms with Gasteiger partial charge in [-0.25, -0.2) is 0 Å². The molecule has 0 spiro atoms. The van der Waals surface area contributed by atoms with E-state index in [4.69, 9.17) is 13.8 Å². The van der Waals surface area contributed by atoms with Crippen molar-refractivity contribution in [1.29, 1.82) is 0 Å². The molecular formula is C11H23O4P. The first-order valence-electron chi connectivity index (χ1n) is 6.20. The minimum absolute atomic E-state index is 0.452. The standard InChI is InChI=1S/C11H23O4P/c1-3-14-16(12,15-4-2)9-7-5-6-8-11-10-13-11/h11H,3-10H2,1-2H3. The van der Waals surface area contributed by atoms with E-state index in [0.29, 0.717) is 25.5 Å². The molecule has 0 aromatic carbocycles. The normalized spacial score (nSPS) is 20.0. The van der Waals surface area contributed by atoms with Gasteiger partial charge in [0.15, 0.2) is 0 Å². The molecule has 0 bridgehead atoms. The highest BCUT2D eigenvalue weighted by molar-refractivity contribution is 7.53. The molecular weight excluding hydrogens is 227 g/mol. The van der Waals surface area contributed by atoms with Crippen LogP contribution in [-0.4, -0.2) is 32.1 Å². The Bertz CT molecular complexity index is 218. The lowest BCUT2D eigenvalue weighted by atomic mass is 10.2. The number of hydrogen-bond donors (Lipinski definition) is 0. The monoisotopic (exact) mass is 250 g/mol. The van der Waals surface area contributed by atoms with Crippen molar-refractivity contribution in [3.05, 3.63) is 0 Å². The highest BCUT2D eigenvalue weighted by Crippen LogP contribution is 2.48. The van der Waals surface area contributed by atoms with Crippen molar-refractivity contribution in [2.45, 2.75) is 45.6 Å². The van der Waals surface area contributed by atoms with Crippen molar-refractivity contribution < 1.29 is 18.3 Å². The molecule has 0 aromatic heterocycles. The summed E-state index contributed by atoms with van der Waals surface area (Å²) < 4.78 is 27.6. The fourth-order valence-corrected chi connectivity index (χ4v) is 3.38. The maximum absolute atomic E-state index is 12.1. The van der Waals surface area contributed by atoms with E-state index in [1.807, 2.05) is 13.8 Å². The Kier molecular flexibility index (Phi) is 6.59. The molecule has 16 heavy (non-hydrogen) atoms. The van der Waals surface area contributed by atoms with Crippen LogP contribution in [0.1, 0.15) is 39.5 Å². The van der Waals surface area contributed by atoms with Gasteiger partial charge in [-0.2, -0.15) is 0 Å². The van der Waals surface area contributed by atoms with Crippen LogP contribution < -0.4 is 0 Å². The van der Waals surface area contributed by atoms with Crippen molar-refractivity contribution >= 4 is 7.60 Å². The van der Waals surface area contributed by atoms with E-state index in [9.17, 15) is 4.57 Å². The van der Waals surface area contributed by atoms with Gasteiger partial charge in [-0.3, -0.25) is 4.57 Å². The first kappa shape index (κ1) is 14.2. The van der Waals surface area contributed by atoms with E-state index in [-0.39, 0.29) is 0 Å². The maximum atomic E-state index is 12.1. The van der Waals surface area contributed by atoms with Crippen molar-refractivity contribution in [3.8, 4) is 0 Å². The van der Waals surface area contributed by atoms with Crippen LogP contribution in [-0.2, 0) is 18.3 Å². The van der Waals surface area contributed by atoms with E-state index in [2.05, 4.69) is 0 Å². The van der Waals surface area contributed by atoms with Gasteiger partial charge in [0.1, 0.15) is 0 Å². The Balaban J connectivity index is 2.07. The molecule has 1 fully saturated rings. The lowest BCUT2D eigenvalue weighted by molar-refractivity contribution is 0.219. The quantitative estimate of drug-likeness (QED) is 0.339. The van der Waals surface area contributed by atoms with Gasteiger partial charge in [0.2, 0.25) is 0 Å². The van der Waals surface area contributed by atoms with Gasteiger partial charge in [-0.15, -0.1) is 0 Å². The third-order valence-corrected chi connectivity index (χ3v) is 4.68. The molecule has 0 saturated carbocycles. The lowest BCUT2D eigenvalue weighted by Crippen LogP contribution is -2.00. The topological polar surface area (TPSA) is 48.1 Å². The fraction of sp³-hybridized carbons (Fsp3) is 1.00. The van der Waals surface area contributed by atoms with Crippen LogP contribution in [0.2, 0.25) is 0 Å². The van der Waals surface area contributed by atoms with Crippen molar-refractivity contribution in [2.75, 3.05) is 26.0 Å². The summed E-state index contributed by atoms with van der Waals surface area (Å²) in [4.78, 5) is 0. The molecule has 0 amide bonds. The number of unbranched alkanes of at least 4 members (excludes halogenated alkanes) is 2. The van der Waals surface area contributed by atoms with Crippen LogP contribution in [0.3, 0.4) is 0 Å². The third-order valence-electron chi connectivity index (χ3n) is 2.51. The predicted octanol–water partition coefficient (Wildman–Crippen LogP) is 3.21. The van der Waals surface area contributed by atoms with Gasteiger partial charge in [-0.1, -0.05) is 12.8 Å². The highest BCUT2D eigenvalue weighted by atomic mass is 31.2. The number of hydrogen-bond acceptors (Lipinski definition) is 4. The Morgan fingerprint density at radius 2 is 1.81 bits per heavy atom. The van der Waals surface area contributed by atoms with Crippen molar-refractivity contribution in [1.82, 2.24) is 0 Å². The summed E-state index contributed by atoms with van der Waals surface area (Å²) in [6, 6.07) is 0. The van der Waals surface area contributed by atoms with E-state index in [1.54, 1.807) is 0 Å². The fourth-order valence-electron chi connectivity index (χ4n) is 1.65. The average Bonchev–Trinajstić information content (AvgIpc) is 3.02. The average molecular weight is 250 g/mol. The van der Waals surface area contributed by atoms with Crippen LogP contribution in [0.25, 0.3) is 0 Å². The van der Waals surface area contributed by atoms with Crippen LogP contribution in [0.5, 0.6) is 0 Å². The second-order valence-electron chi connectivity index (χ2n) is 3.97. The molecule has 0 N–H and O–H groups in total. The minimum Gasteiger partial charge on any atom is -0.373 e. The molecule has 0 aromatic rings. The zero-order chi connectivity index (χ0) is 11.9. The van der Waals surface area contributed by atoms with Crippen LogP contribution in [0, 0.1) is 0 Å². The molecule has 1 heterocycles. The molecule has 1 rings (SSSR count). The van der Waals surface area contributed by atoms with Crippen LogP contribution in [0.4, 0.5) is 0 Å². The van der Waals surface area contributed by atoms with E-state index < -0.39 is 7.60 Å². The molecule has 96 valence electrons. The van der Waals surface area contributed by atoms with Crippen LogP contribution in [0.15, 0.2) is 0 Å². The molecule has 5 heteroatoms. The van der Waals surface area contributed by atoms with E-state index in [0.717, 1.165) is 32.3 Å². The van der Waals surface area contributed by atoms with Gasteiger partial charge < -0.3 is 13.8 Å². The largest absolute Gasteiger partial charge is 0.373 e. The Hall–Kier alpha value is 0.110. The summed E-state index contributed by atoms with van der Waals surface area (Å²) in [6.45, 7) is 5.52. The first-order chi connectivity index (χ1) is 7.70. The van der Waals surface area contributed by atoms with Crippen molar-refractivity contribution in [3.63, 3.8) is 0 Å². The minimum atomic E-state index is -2.80. The number of epoxide rings is 1. The smallest absolute Gasteiger partial charge is 0.330 e.